The number of piperidine rings is 1. The second-order valence-electron chi connectivity index (χ2n) is 8.85. The third-order valence-corrected chi connectivity index (χ3v) is 8.48. The Hall–Kier alpha value is -2.39. The summed E-state index contributed by atoms with van der Waals surface area (Å²) in [6, 6.07) is 10.1. The first-order valence-corrected chi connectivity index (χ1v) is 12.5. The molecule has 2 aliphatic rings. The molecule has 9 heteroatoms. The van der Waals surface area contributed by atoms with Gasteiger partial charge in [0.05, 0.1) is 10.5 Å². The summed E-state index contributed by atoms with van der Waals surface area (Å²) in [5, 5.41) is 0. The first kappa shape index (κ1) is 23.8. The van der Waals surface area contributed by atoms with Crippen LogP contribution in [-0.2, 0) is 40.4 Å². The van der Waals surface area contributed by atoms with E-state index in [1.54, 1.807) is 19.2 Å². The summed E-state index contributed by atoms with van der Waals surface area (Å²) in [5.41, 5.74) is 2.20. The van der Waals surface area contributed by atoms with Gasteiger partial charge >= 0.3 is 6.18 Å². The van der Waals surface area contributed by atoms with Crippen molar-refractivity contribution >= 4 is 15.9 Å². The first-order chi connectivity index (χ1) is 15.6. The number of hydrogen-bond donors (Lipinski definition) is 0. The van der Waals surface area contributed by atoms with Crippen LogP contribution in [0, 0.1) is 5.92 Å². The quantitative estimate of drug-likeness (QED) is 0.643. The van der Waals surface area contributed by atoms with Crippen LogP contribution in [0.25, 0.3) is 0 Å². The summed E-state index contributed by atoms with van der Waals surface area (Å²) in [5.74, 6) is -0.430. The van der Waals surface area contributed by atoms with Gasteiger partial charge in [0.15, 0.2) is 0 Å². The standard InChI is InChI=1S/C24H27F3N2O3S/c1-28(16-17-5-8-21(9-6-17)24(25,26)27)23(30)19-11-13-29(14-12-19)33(31,32)22-10-7-18-3-2-4-20(18)15-22/h5-10,15,19H,2-4,11-14,16H2,1H3. The molecule has 0 spiro atoms. The Labute approximate surface area is 192 Å². The van der Waals surface area contributed by atoms with Gasteiger partial charge in [-0.15, -0.1) is 0 Å². The molecule has 1 heterocycles. The smallest absolute Gasteiger partial charge is 0.341 e. The highest BCUT2D eigenvalue weighted by Gasteiger charge is 2.34. The van der Waals surface area contributed by atoms with Crippen LogP contribution in [-0.4, -0.2) is 43.7 Å². The molecule has 0 radical (unpaired) electrons. The van der Waals surface area contributed by atoms with Crippen LogP contribution >= 0.6 is 0 Å². The van der Waals surface area contributed by atoms with Crippen LogP contribution in [0.5, 0.6) is 0 Å². The van der Waals surface area contributed by atoms with Gasteiger partial charge < -0.3 is 4.90 Å². The van der Waals surface area contributed by atoms with E-state index in [9.17, 15) is 26.4 Å². The molecule has 5 nitrogen and oxygen atoms in total. The third-order valence-electron chi connectivity index (χ3n) is 6.59. The molecule has 0 unspecified atom stereocenters. The summed E-state index contributed by atoms with van der Waals surface area (Å²) in [7, 11) is -1.98. The van der Waals surface area contributed by atoms with Gasteiger partial charge in [0.2, 0.25) is 15.9 Å². The minimum atomic E-state index is -4.39. The average Bonchev–Trinajstić information content (AvgIpc) is 3.26. The van der Waals surface area contributed by atoms with Gasteiger partial charge in [-0.25, -0.2) is 8.42 Å². The lowest BCUT2D eigenvalue weighted by Crippen LogP contribution is -2.43. The Morgan fingerprint density at radius 3 is 2.30 bits per heavy atom. The highest BCUT2D eigenvalue weighted by atomic mass is 32.2. The Bertz CT molecular complexity index is 1120. The molecule has 178 valence electrons. The van der Waals surface area contributed by atoms with Crippen molar-refractivity contribution in [3.05, 3.63) is 64.7 Å². The lowest BCUT2D eigenvalue weighted by atomic mass is 9.96. The average molecular weight is 481 g/mol. The number of fused-ring (bicyclic) bond motifs is 1. The molecule has 1 aliphatic heterocycles. The fourth-order valence-corrected chi connectivity index (χ4v) is 6.18. The normalized spacial score (nSPS) is 17.7. The van der Waals surface area contributed by atoms with E-state index in [1.807, 2.05) is 6.07 Å². The maximum absolute atomic E-state index is 13.1. The molecule has 2 aromatic rings. The topological polar surface area (TPSA) is 57.7 Å². The number of halogens is 3. The van der Waals surface area contributed by atoms with Crippen LogP contribution in [0.3, 0.4) is 0 Å². The van der Waals surface area contributed by atoms with Gasteiger partial charge in [0.25, 0.3) is 0 Å². The Morgan fingerprint density at radius 2 is 1.67 bits per heavy atom. The fourth-order valence-electron chi connectivity index (χ4n) is 4.66. The van der Waals surface area contributed by atoms with Gasteiger partial charge in [-0.2, -0.15) is 17.5 Å². The minimum Gasteiger partial charge on any atom is -0.341 e. The van der Waals surface area contributed by atoms with E-state index in [1.165, 1.54) is 26.9 Å². The number of alkyl halides is 3. The van der Waals surface area contributed by atoms with E-state index in [-0.39, 0.29) is 31.5 Å². The van der Waals surface area contributed by atoms with Crippen LogP contribution in [0.15, 0.2) is 47.4 Å². The molecular formula is C24H27F3N2O3S. The molecule has 2 aromatic carbocycles. The number of sulfonamides is 1. The number of aryl methyl sites for hydroxylation is 2. The molecule has 33 heavy (non-hydrogen) atoms. The Morgan fingerprint density at radius 1 is 1.03 bits per heavy atom. The predicted octanol–water partition coefficient (Wildman–Crippen LogP) is 4.25. The summed E-state index contributed by atoms with van der Waals surface area (Å²) in [6.45, 7) is 0.735. The van der Waals surface area contributed by atoms with Crippen LogP contribution in [0.4, 0.5) is 13.2 Å². The summed E-state index contributed by atoms with van der Waals surface area (Å²) in [4.78, 5) is 14.7. The zero-order valence-electron chi connectivity index (χ0n) is 18.4. The van der Waals surface area contributed by atoms with Crippen molar-refractivity contribution in [3.63, 3.8) is 0 Å². The molecule has 1 amide bonds. The van der Waals surface area contributed by atoms with Crippen LogP contribution < -0.4 is 0 Å². The largest absolute Gasteiger partial charge is 0.416 e. The molecule has 1 saturated heterocycles. The summed E-state index contributed by atoms with van der Waals surface area (Å²) < 4.78 is 65.8. The van der Waals surface area contributed by atoms with Gasteiger partial charge in [-0.05, 0) is 73.1 Å². The number of hydrogen-bond acceptors (Lipinski definition) is 3. The SMILES string of the molecule is CN(Cc1ccc(C(F)(F)F)cc1)C(=O)C1CCN(S(=O)(=O)c2ccc3c(c2)CCC3)CC1. The van der Waals surface area contributed by atoms with Crippen molar-refractivity contribution in [2.75, 3.05) is 20.1 Å². The van der Waals surface area contributed by atoms with E-state index in [4.69, 9.17) is 0 Å². The van der Waals surface area contributed by atoms with Gasteiger partial charge in [0.1, 0.15) is 0 Å². The van der Waals surface area contributed by atoms with Gasteiger partial charge in [-0.3, -0.25) is 4.79 Å². The van der Waals surface area contributed by atoms with E-state index < -0.39 is 21.8 Å². The maximum atomic E-state index is 13.1. The second kappa shape index (κ2) is 9.10. The molecule has 0 aromatic heterocycles. The third kappa shape index (κ3) is 5.09. The van der Waals surface area contributed by atoms with Crippen LogP contribution in [0.1, 0.15) is 41.5 Å². The number of rotatable bonds is 5. The Balaban J connectivity index is 1.34. The monoisotopic (exact) mass is 480 g/mol. The predicted molar refractivity (Wildman–Crippen MR) is 118 cm³/mol. The van der Waals surface area contributed by atoms with E-state index >= 15 is 0 Å². The van der Waals surface area contributed by atoms with E-state index in [0.29, 0.717) is 23.3 Å². The van der Waals surface area contributed by atoms with Crippen molar-refractivity contribution in [1.82, 2.24) is 9.21 Å². The maximum Gasteiger partial charge on any atom is 0.416 e. The molecule has 0 atom stereocenters. The molecule has 1 fully saturated rings. The zero-order valence-corrected chi connectivity index (χ0v) is 19.3. The van der Waals surface area contributed by atoms with Crippen molar-refractivity contribution in [1.29, 1.82) is 0 Å². The highest BCUT2D eigenvalue weighted by Crippen LogP contribution is 2.30. The fraction of sp³-hybridized carbons (Fsp3) is 0.458. The number of benzene rings is 2. The molecule has 4 rings (SSSR count). The number of carbonyl (C=O) groups is 1. The molecule has 1 aliphatic carbocycles. The highest BCUT2D eigenvalue weighted by molar-refractivity contribution is 7.89. The molecule has 0 bridgehead atoms. The lowest BCUT2D eigenvalue weighted by molar-refractivity contribution is -0.138. The van der Waals surface area contributed by atoms with E-state index in [2.05, 4.69) is 0 Å². The minimum absolute atomic E-state index is 0.121. The van der Waals surface area contributed by atoms with Crippen molar-refractivity contribution < 1.29 is 26.4 Å². The zero-order chi connectivity index (χ0) is 23.8. The first-order valence-electron chi connectivity index (χ1n) is 11.1. The number of nitrogens with zero attached hydrogens (tertiary/aromatic N) is 2. The molecule has 0 saturated carbocycles. The van der Waals surface area contributed by atoms with Crippen molar-refractivity contribution in [2.24, 2.45) is 5.92 Å². The van der Waals surface area contributed by atoms with Crippen molar-refractivity contribution in [3.8, 4) is 0 Å². The Kier molecular flexibility index (Phi) is 6.55. The summed E-state index contributed by atoms with van der Waals surface area (Å²) in [6.07, 6.45) is -0.620. The van der Waals surface area contributed by atoms with Crippen molar-refractivity contribution in [2.45, 2.75) is 49.7 Å². The second-order valence-corrected chi connectivity index (χ2v) is 10.8. The van der Waals surface area contributed by atoms with Gasteiger partial charge in [-0.1, -0.05) is 18.2 Å². The number of carbonyl (C=O) groups excluding carboxylic acids is 1. The van der Waals surface area contributed by atoms with E-state index in [0.717, 1.165) is 37.0 Å². The molecule has 0 N–H and O–H groups in total. The lowest BCUT2D eigenvalue weighted by Gasteiger charge is -2.32. The van der Waals surface area contributed by atoms with Crippen LogP contribution in [0.2, 0.25) is 0 Å². The number of amides is 1. The van der Waals surface area contributed by atoms with Gasteiger partial charge in [0, 0.05) is 32.6 Å². The summed E-state index contributed by atoms with van der Waals surface area (Å²) >= 11 is 0. The molecular weight excluding hydrogens is 453 g/mol.